The van der Waals surface area contributed by atoms with Crippen LogP contribution in [0.3, 0.4) is 0 Å². The van der Waals surface area contributed by atoms with E-state index in [-0.39, 0.29) is 24.6 Å². The Bertz CT molecular complexity index is 416. The lowest BCUT2D eigenvalue weighted by molar-refractivity contribution is -0.132. The van der Waals surface area contributed by atoms with Crippen molar-refractivity contribution in [3.63, 3.8) is 0 Å². The Morgan fingerprint density at radius 2 is 2.17 bits per heavy atom. The van der Waals surface area contributed by atoms with Gasteiger partial charge >= 0.3 is 0 Å². The van der Waals surface area contributed by atoms with Crippen LogP contribution in [0.1, 0.15) is 30.9 Å². The van der Waals surface area contributed by atoms with Gasteiger partial charge in [-0.25, -0.2) is 0 Å². The van der Waals surface area contributed by atoms with Crippen LogP contribution in [0.15, 0.2) is 43.0 Å². The minimum absolute atomic E-state index is 0.0383. The predicted molar refractivity (Wildman–Crippen MR) is 71.0 cm³/mol. The number of nitrogens with zero attached hydrogens (tertiary/aromatic N) is 1. The van der Waals surface area contributed by atoms with Crippen LogP contribution in [0.2, 0.25) is 0 Å². The number of carbonyl (C=O) groups is 1. The summed E-state index contributed by atoms with van der Waals surface area (Å²) in [6.07, 6.45) is 4.06. The van der Waals surface area contributed by atoms with Crippen molar-refractivity contribution in [3.8, 4) is 0 Å². The smallest absolute Gasteiger partial charge is 0.223 e. The monoisotopic (exact) mass is 245 g/mol. The van der Waals surface area contributed by atoms with Gasteiger partial charge in [-0.2, -0.15) is 0 Å². The summed E-state index contributed by atoms with van der Waals surface area (Å²) < 4.78 is 0. The molecule has 1 aromatic rings. The lowest BCUT2D eigenvalue weighted by Gasteiger charge is -2.32. The molecule has 2 rings (SSSR count). The number of carbonyl (C=O) groups excluding carboxylic acids is 1. The highest BCUT2D eigenvalue weighted by Crippen LogP contribution is 2.31. The normalized spacial score (nSPS) is 21.1. The van der Waals surface area contributed by atoms with Crippen LogP contribution in [0.25, 0.3) is 0 Å². The average molecular weight is 245 g/mol. The first kappa shape index (κ1) is 12.8. The standard InChI is InChI=1S/C15H19NO2/c1-2-6-13-9-10-15(18)16(13)14(11-17)12-7-4-3-5-8-12/h2-5,7-8,13-14,17H,1,6,9-11H2/t13-,14-/m0/s1. The Kier molecular flexibility index (Phi) is 4.15. The Balaban J connectivity index is 2.25. The van der Waals surface area contributed by atoms with Gasteiger partial charge in [0.25, 0.3) is 0 Å². The molecule has 3 nitrogen and oxygen atoms in total. The van der Waals surface area contributed by atoms with Crippen molar-refractivity contribution in [1.29, 1.82) is 0 Å². The van der Waals surface area contributed by atoms with Crippen molar-refractivity contribution in [2.75, 3.05) is 6.61 Å². The van der Waals surface area contributed by atoms with Crippen LogP contribution in [0, 0.1) is 0 Å². The van der Waals surface area contributed by atoms with Gasteiger partial charge in [0.15, 0.2) is 0 Å². The summed E-state index contributed by atoms with van der Waals surface area (Å²) in [5.41, 5.74) is 0.990. The second-order valence-electron chi connectivity index (χ2n) is 4.63. The predicted octanol–water partition coefficient (Wildman–Crippen LogP) is 2.29. The van der Waals surface area contributed by atoms with E-state index in [9.17, 15) is 9.90 Å². The lowest BCUT2D eigenvalue weighted by Crippen LogP contribution is -2.38. The molecule has 1 saturated heterocycles. The van der Waals surface area contributed by atoms with Gasteiger partial charge < -0.3 is 10.0 Å². The van der Waals surface area contributed by atoms with Crippen molar-refractivity contribution in [1.82, 2.24) is 4.90 Å². The molecule has 0 saturated carbocycles. The number of aliphatic hydroxyl groups is 1. The number of amides is 1. The van der Waals surface area contributed by atoms with E-state index in [1.165, 1.54) is 0 Å². The third-order valence-corrected chi connectivity index (χ3v) is 3.50. The van der Waals surface area contributed by atoms with Crippen LogP contribution >= 0.6 is 0 Å². The summed E-state index contributed by atoms with van der Waals surface area (Å²) in [5, 5.41) is 9.62. The molecule has 0 radical (unpaired) electrons. The first-order chi connectivity index (χ1) is 8.77. The first-order valence-electron chi connectivity index (χ1n) is 6.35. The third kappa shape index (κ3) is 2.46. The summed E-state index contributed by atoms with van der Waals surface area (Å²) in [6, 6.07) is 9.65. The molecule has 3 heteroatoms. The van der Waals surface area contributed by atoms with Gasteiger partial charge in [-0.05, 0) is 18.4 Å². The molecule has 1 N–H and O–H groups in total. The summed E-state index contributed by atoms with van der Waals surface area (Å²) in [7, 11) is 0. The minimum Gasteiger partial charge on any atom is -0.394 e. The Labute approximate surface area is 108 Å². The molecule has 1 aliphatic rings. The maximum atomic E-state index is 12.0. The van der Waals surface area contributed by atoms with E-state index in [1.807, 2.05) is 41.3 Å². The van der Waals surface area contributed by atoms with Crippen LogP contribution in [-0.4, -0.2) is 28.6 Å². The summed E-state index contributed by atoms with van der Waals surface area (Å²) in [6.45, 7) is 3.70. The number of hydrogen-bond donors (Lipinski definition) is 1. The molecule has 1 aliphatic heterocycles. The Morgan fingerprint density at radius 1 is 1.44 bits per heavy atom. The van der Waals surface area contributed by atoms with Crippen molar-refractivity contribution in [3.05, 3.63) is 48.6 Å². The van der Waals surface area contributed by atoms with Crippen molar-refractivity contribution in [2.24, 2.45) is 0 Å². The first-order valence-corrected chi connectivity index (χ1v) is 6.35. The van der Waals surface area contributed by atoms with Gasteiger partial charge in [0.05, 0.1) is 12.6 Å². The topological polar surface area (TPSA) is 40.5 Å². The molecule has 1 aromatic carbocycles. The van der Waals surface area contributed by atoms with Crippen LogP contribution in [0.4, 0.5) is 0 Å². The summed E-state index contributed by atoms with van der Waals surface area (Å²) in [4.78, 5) is 13.8. The van der Waals surface area contributed by atoms with Gasteiger partial charge in [-0.3, -0.25) is 4.79 Å². The van der Waals surface area contributed by atoms with E-state index >= 15 is 0 Å². The number of rotatable bonds is 5. The fourth-order valence-corrected chi connectivity index (χ4v) is 2.64. The number of likely N-dealkylation sites (tertiary alicyclic amines) is 1. The highest BCUT2D eigenvalue weighted by Gasteiger charge is 2.35. The van der Waals surface area contributed by atoms with E-state index in [2.05, 4.69) is 6.58 Å². The fourth-order valence-electron chi connectivity index (χ4n) is 2.64. The SMILES string of the molecule is C=CC[C@H]1CCC(=O)N1[C@@H](CO)c1ccccc1. The molecule has 96 valence electrons. The molecule has 0 bridgehead atoms. The fraction of sp³-hybridized carbons (Fsp3) is 0.400. The van der Waals surface area contributed by atoms with Crippen LogP contribution in [-0.2, 0) is 4.79 Å². The number of benzene rings is 1. The molecule has 18 heavy (non-hydrogen) atoms. The quantitative estimate of drug-likeness (QED) is 0.809. The second kappa shape index (κ2) is 5.83. The molecule has 1 amide bonds. The molecule has 1 heterocycles. The van der Waals surface area contributed by atoms with E-state index in [4.69, 9.17) is 0 Å². The molecular formula is C15H19NO2. The molecule has 0 spiro atoms. The van der Waals surface area contributed by atoms with Gasteiger partial charge in [0.2, 0.25) is 5.91 Å². The minimum atomic E-state index is -0.230. The average Bonchev–Trinajstić information content (AvgIpc) is 2.75. The van der Waals surface area contributed by atoms with E-state index in [0.717, 1.165) is 18.4 Å². The molecule has 0 aliphatic carbocycles. The third-order valence-electron chi connectivity index (χ3n) is 3.50. The Hall–Kier alpha value is -1.61. The second-order valence-corrected chi connectivity index (χ2v) is 4.63. The molecule has 1 fully saturated rings. The zero-order valence-corrected chi connectivity index (χ0v) is 10.5. The van der Waals surface area contributed by atoms with Crippen molar-refractivity contribution >= 4 is 5.91 Å². The van der Waals surface area contributed by atoms with Gasteiger partial charge in [-0.15, -0.1) is 6.58 Å². The Morgan fingerprint density at radius 3 is 2.78 bits per heavy atom. The molecule has 0 unspecified atom stereocenters. The summed E-state index contributed by atoms with van der Waals surface area (Å²) >= 11 is 0. The number of hydrogen-bond acceptors (Lipinski definition) is 2. The maximum Gasteiger partial charge on any atom is 0.223 e. The highest BCUT2D eigenvalue weighted by molar-refractivity contribution is 5.79. The van der Waals surface area contributed by atoms with Gasteiger partial charge in [-0.1, -0.05) is 36.4 Å². The molecular weight excluding hydrogens is 226 g/mol. The molecule has 0 aromatic heterocycles. The van der Waals surface area contributed by atoms with Crippen molar-refractivity contribution < 1.29 is 9.90 Å². The zero-order chi connectivity index (χ0) is 13.0. The van der Waals surface area contributed by atoms with Gasteiger partial charge in [0.1, 0.15) is 0 Å². The summed E-state index contributed by atoms with van der Waals surface area (Å²) in [5.74, 6) is 0.129. The van der Waals surface area contributed by atoms with E-state index < -0.39 is 0 Å². The van der Waals surface area contributed by atoms with Crippen LogP contribution in [0.5, 0.6) is 0 Å². The van der Waals surface area contributed by atoms with Crippen LogP contribution < -0.4 is 0 Å². The number of aliphatic hydroxyl groups excluding tert-OH is 1. The van der Waals surface area contributed by atoms with E-state index in [1.54, 1.807) is 0 Å². The highest BCUT2D eigenvalue weighted by atomic mass is 16.3. The van der Waals surface area contributed by atoms with E-state index in [0.29, 0.717) is 6.42 Å². The molecule has 2 atom stereocenters. The van der Waals surface area contributed by atoms with Gasteiger partial charge in [0, 0.05) is 12.5 Å². The maximum absolute atomic E-state index is 12.0. The zero-order valence-electron chi connectivity index (χ0n) is 10.5. The lowest BCUT2D eigenvalue weighted by atomic mass is 10.0. The van der Waals surface area contributed by atoms with Crippen molar-refractivity contribution in [2.45, 2.75) is 31.3 Å². The largest absolute Gasteiger partial charge is 0.394 e.